The molecule has 2 N–H and O–H groups in total. The molecule has 0 spiro atoms. The van der Waals surface area contributed by atoms with Crippen molar-refractivity contribution in [1.82, 2.24) is 24.7 Å². The van der Waals surface area contributed by atoms with Crippen LogP contribution in [0.2, 0.25) is 0 Å². The Morgan fingerprint density at radius 3 is 2.82 bits per heavy atom. The molecule has 1 aromatic carbocycles. The highest BCUT2D eigenvalue weighted by atomic mass is 32.2. The van der Waals surface area contributed by atoms with Crippen LogP contribution in [0.25, 0.3) is 16.6 Å². The van der Waals surface area contributed by atoms with Crippen LogP contribution in [0.15, 0.2) is 35.2 Å². The van der Waals surface area contributed by atoms with Crippen molar-refractivity contribution in [1.29, 1.82) is 5.26 Å². The van der Waals surface area contributed by atoms with E-state index in [0.717, 1.165) is 34.9 Å². The number of rotatable bonds is 5. The molecule has 3 aromatic rings. The number of nitriles is 1. The van der Waals surface area contributed by atoms with E-state index in [2.05, 4.69) is 30.8 Å². The van der Waals surface area contributed by atoms with Gasteiger partial charge in [-0.2, -0.15) is 5.26 Å². The van der Waals surface area contributed by atoms with Gasteiger partial charge in [0.05, 0.1) is 16.8 Å². The fourth-order valence-corrected chi connectivity index (χ4v) is 4.67. The number of aliphatic hydroxyl groups is 1. The van der Waals surface area contributed by atoms with Crippen molar-refractivity contribution in [3.63, 3.8) is 0 Å². The summed E-state index contributed by atoms with van der Waals surface area (Å²) in [5.41, 5.74) is 1.75. The van der Waals surface area contributed by atoms with Gasteiger partial charge in [-0.25, -0.2) is 4.98 Å². The van der Waals surface area contributed by atoms with E-state index in [4.69, 9.17) is 0 Å². The second-order valence-corrected chi connectivity index (χ2v) is 7.96. The first kappa shape index (κ1) is 18.6. The lowest BCUT2D eigenvalue weighted by Gasteiger charge is -2.24. The van der Waals surface area contributed by atoms with Gasteiger partial charge in [0.15, 0.2) is 11.0 Å². The summed E-state index contributed by atoms with van der Waals surface area (Å²) in [6.45, 7) is 1.97. The number of nitrogens with one attached hydrogen (secondary N) is 1. The van der Waals surface area contributed by atoms with E-state index in [-0.39, 0.29) is 17.1 Å². The number of allylic oxidation sites excluding steroid dienone is 1. The van der Waals surface area contributed by atoms with Gasteiger partial charge in [0, 0.05) is 6.04 Å². The molecular formula is C20H22N6OS. The lowest BCUT2D eigenvalue weighted by Crippen LogP contribution is -2.15. The van der Waals surface area contributed by atoms with E-state index in [1.54, 1.807) is 0 Å². The SMILES string of the molecule is Cc1nnc(SC/C(O)=C(\C#N)c2nc3ccccc3[nH]2)n1C1CCCCC1. The van der Waals surface area contributed by atoms with Crippen molar-refractivity contribution in [3.05, 3.63) is 41.7 Å². The topological polar surface area (TPSA) is 103 Å². The number of benzene rings is 1. The summed E-state index contributed by atoms with van der Waals surface area (Å²) in [6.07, 6.45) is 6.00. The largest absolute Gasteiger partial charge is 0.510 e. The molecule has 0 atom stereocenters. The van der Waals surface area contributed by atoms with Crippen LogP contribution >= 0.6 is 11.8 Å². The van der Waals surface area contributed by atoms with Crippen LogP contribution in [-0.2, 0) is 0 Å². The van der Waals surface area contributed by atoms with Gasteiger partial charge in [-0.3, -0.25) is 0 Å². The number of aromatic amines is 1. The van der Waals surface area contributed by atoms with E-state index in [0.29, 0.717) is 11.9 Å². The first-order valence-electron chi connectivity index (χ1n) is 9.49. The number of hydrogen-bond donors (Lipinski definition) is 2. The van der Waals surface area contributed by atoms with Crippen LogP contribution in [0.1, 0.15) is 49.8 Å². The summed E-state index contributed by atoms with van der Waals surface area (Å²) in [4.78, 5) is 7.52. The summed E-state index contributed by atoms with van der Waals surface area (Å²) in [5.74, 6) is 1.51. The first-order chi connectivity index (χ1) is 13.7. The zero-order chi connectivity index (χ0) is 19.5. The molecule has 4 rings (SSSR count). The number of imidazole rings is 1. The Bertz CT molecular complexity index is 1020. The van der Waals surface area contributed by atoms with Crippen molar-refractivity contribution in [2.75, 3.05) is 5.75 Å². The Labute approximate surface area is 167 Å². The van der Waals surface area contributed by atoms with Crippen LogP contribution in [0.5, 0.6) is 0 Å². The zero-order valence-electron chi connectivity index (χ0n) is 15.7. The number of hydrogen-bond acceptors (Lipinski definition) is 6. The van der Waals surface area contributed by atoms with E-state index in [1.165, 1.54) is 31.0 Å². The first-order valence-corrected chi connectivity index (χ1v) is 10.5. The third-order valence-corrected chi connectivity index (χ3v) is 6.09. The molecule has 1 aliphatic rings. The van der Waals surface area contributed by atoms with Crippen molar-refractivity contribution >= 4 is 28.4 Å². The molecule has 2 heterocycles. The maximum atomic E-state index is 10.6. The summed E-state index contributed by atoms with van der Waals surface area (Å²) >= 11 is 1.40. The molecular weight excluding hydrogens is 372 g/mol. The number of fused-ring (bicyclic) bond motifs is 1. The molecule has 1 saturated carbocycles. The number of nitrogens with zero attached hydrogens (tertiary/aromatic N) is 5. The Morgan fingerprint density at radius 1 is 1.29 bits per heavy atom. The van der Waals surface area contributed by atoms with Crippen molar-refractivity contribution in [2.45, 2.75) is 50.2 Å². The van der Waals surface area contributed by atoms with E-state index >= 15 is 0 Å². The number of thioether (sulfide) groups is 1. The third-order valence-electron chi connectivity index (χ3n) is 5.14. The van der Waals surface area contributed by atoms with Gasteiger partial charge in [-0.15, -0.1) is 10.2 Å². The molecule has 144 valence electrons. The van der Waals surface area contributed by atoms with Crippen LogP contribution in [0.3, 0.4) is 0 Å². The van der Waals surface area contributed by atoms with Gasteiger partial charge in [-0.05, 0) is 31.9 Å². The van der Waals surface area contributed by atoms with Crippen LogP contribution in [0, 0.1) is 18.3 Å². The Hall–Kier alpha value is -2.79. The molecule has 0 unspecified atom stereocenters. The Kier molecular flexibility index (Phi) is 5.35. The van der Waals surface area contributed by atoms with Gasteiger partial charge in [-0.1, -0.05) is 43.2 Å². The van der Waals surface area contributed by atoms with Crippen molar-refractivity contribution < 1.29 is 5.11 Å². The maximum Gasteiger partial charge on any atom is 0.191 e. The predicted molar refractivity (Wildman–Crippen MR) is 109 cm³/mol. The summed E-state index contributed by atoms with van der Waals surface area (Å²) in [7, 11) is 0. The highest BCUT2D eigenvalue weighted by Gasteiger charge is 2.22. The molecule has 8 heteroatoms. The molecule has 0 radical (unpaired) electrons. The Morgan fingerprint density at radius 2 is 2.07 bits per heavy atom. The molecule has 0 saturated heterocycles. The number of para-hydroxylation sites is 2. The lowest BCUT2D eigenvalue weighted by molar-refractivity contribution is 0.332. The second kappa shape index (κ2) is 8.07. The second-order valence-electron chi connectivity index (χ2n) is 7.02. The fraction of sp³-hybridized carbons (Fsp3) is 0.400. The normalized spacial score (nSPS) is 16.1. The van der Waals surface area contributed by atoms with Gasteiger partial charge >= 0.3 is 0 Å². The van der Waals surface area contributed by atoms with Gasteiger partial charge in [0.25, 0.3) is 0 Å². The monoisotopic (exact) mass is 394 g/mol. The highest BCUT2D eigenvalue weighted by Crippen LogP contribution is 2.33. The molecule has 1 aliphatic carbocycles. The zero-order valence-corrected chi connectivity index (χ0v) is 16.5. The molecule has 1 fully saturated rings. The molecule has 2 aromatic heterocycles. The van der Waals surface area contributed by atoms with Crippen molar-refractivity contribution in [3.8, 4) is 6.07 Å². The average molecular weight is 395 g/mol. The van der Waals surface area contributed by atoms with Gasteiger partial charge in [0.2, 0.25) is 0 Å². The minimum atomic E-state index is -0.0117. The lowest BCUT2D eigenvalue weighted by atomic mass is 9.95. The molecule has 28 heavy (non-hydrogen) atoms. The number of H-pyrrole nitrogens is 1. The summed E-state index contributed by atoms with van der Waals surface area (Å²) in [6, 6.07) is 10.0. The highest BCUT2D eigenvalue weighted by molar-refractivity contribution is 7.99. The van der Waals surface area contributed by atoms with E-state index < -0.39 is 0 Å². The minimum absolute atomic E-state index is 0.0117. The van der Waals surface area contributed by atoms with Crippen LogP contribution < -0.4 is 0 Å². The number of aryl methyl sites for hydroxylation is 1. The van der Waals surface area contributed by atoms with Crippen LogP contribution in [0.4, 0.5) is 0 Å². The summed E-state index contributed by atoms with van der Waals surface area (Å²) < 4.78 is 2.18. The quantitative estimate of drug-likeness (QED) is 0.374. The van der Waals surface area contributed by atoms with E-state index in [9.17, 15) is 10.4 Å². The number of aromatic nitrogens is 5. The van der Waals surface area contributed by atoms with Gasteiger partial charge < -0.3 is 14.7 Å². The average Bonchev–Trinajstić information content (AvgIpc) is 3.30. The maximum absolute atomic E-state index is 10.6. The summed E-state index contributed by atoms with van der Waals surface area (Å²) in [5, 5.41) is 29.5. The smallest absolute Gasteiger partial charge is 0.191 e. The predicted octanol–water partition coefficient (Wildman–Crippen LogP) is 4.55. The van der Waals surface area contributed by atoms with E-state index in [1.807, 2.05) is 31.2 Å². The molecule has 7 nitrogen and oxygen atoms in total. The molecule has 0 aliphatic heterocycles. The minimum Gasteiger partial charge on any atom is -0.510 e. The third kappa shape index (κ3) is 3.62. The van der Waals surface area contributed by atoms with Crippen LogP contribution in [-0.4, -0.2) is 35.6 Å². The standard InChI is InChI=1S/C20H22N6OS/c1-13-24-25-20(26(13)14-7-3-2-4-8-14)28-12-18(27)15(11-21)19-22-16-9-5-6-10-17(16)23-19/h5-6,9-10,14,27H,2-4,7-8,12H2,1H3,(H,22,23)/b18-15-. The number of aliphatic hydroxyl groups excluding tert-OH is 1. The molecule has 0 amide bonds. The Balaban J connectivity index is 1.56. The molecule has 0 bridgehead atoms. The van der Waals surface area contributed by atoms with Gasteiger partial charge in [0.1, 0.15) is 23.2 Å². The van der Waals surface area contributed by atoms with Crippen molar-refractivity contribution in [2.24, 2.45) is 0 Å². The fourth-order valence-electron chi connectivity index (χ4n) is 3.74.